The fourth-order valence-corrected chi connectivity index (χ4v) is 3.07. The van der Waals surface area contributed by atoms with E-state index >= 15 is 0 Å². The normalized spacial score (nSPS) is 29.9. The van der Waals surface area contributed by atoms with Crippen LogP contribution < -0.4 is 0 Å². The van der Waals surface area contributed by atoms with Gasteiger partial charge in [-0.15, -0.1) is 0 Å². The highest BCUT2D eigenvalue weighted by atomic mass is 16.4. The highest BCUT2D eigenvalue weighted by Gasteiger charge is 2.36. The Bertz CT molecular complexity index is 230. The number of aliphatic carboxylic acids is 1. The monoisotopic (exact) mass is 211 g/mol. The zero-order valence-corrected chi connectivity index (χ0v) is 9.32. The predicted octanol–water partition coefficient (Wildman–Crippen LogP) is 2.12. The highest BCUT2D eigenvalue weighted by molar-refractivity contribution is 5.66. The summed E-state index contributed by atoms with van der Waals surface area (Å²) in [5.41, 5.74) is 0. The maximum absolute atomic E-state index is 10.3. The van der Waals surface area contributed by atoms with Gasteiger partial charge in [0.05, 0.1) is 0 Å². The summed E-state index contributed by atoms with van der Waals surface area (Å²) in [5, 5.41) is 8.50. The van der Waals surface area contributed by atoms with Crippen LogP contribution in [-0.4, -0.2) is 35.1 Å². The Morgan fingerprint density at radius 1 is 1.27 bits per heavy atom. The molecule has 2 fully saturated rings. The summed E-state index contributed by atoms with van der Waals surface area (Å²) >= 11 is 0. The van der Waals surface area contributed by atoms with Gasteiger partial charge in [-0.05, 0) is 44.6 Å². The largest absolute Gasteiger partial charge is 0.481 e. The molecule has 0 aromatic rings. The van der Waals surface area contributed by atoms with E-state index in [0.29, 0.717) is 6.42 Å². The number of hydrogen-bond acceptors (Lipinski definition) is 2. The standard InChI is InChI=1S/C12H21NO2/c14-12(15)4-2-1-3-7-13-9-10-5-6-11(13)8-10/h10-11H,1-9H2,(H,14,15). The van der Waals surface area contributed by atoms with Crippen molar-refractivity contribution < 1.29 is 9.90 Å². The molecule has 2 bridgehead atoms. The zero-order chi connectivity index (χ0) is 10.7. The number of rotatable bonds is 6. The molecule has 3 nitrogen and oxygen atoms in total. The van der Waals surface area contributed by atoms with E-state index < -0.39 is 5.97 Å². The molecule has 15 heavy (non-hydrogen) atoms. The minimum atomic E-state index is -0.657. The number of carboxylic acid groups (broad SMARTS) is 1. The molecular weight excluding hydrogens is 190 g/mol. The van der Waals surface area contributed by atoms with Gasteiger partial charge in [-0.25, -0.2) is 0 Å². The van der Waals surface area contributed by atoms with Gasteiger partial charge < -0.3 is 10.0 Å². The van der Waals surface area contributed by atoms with Gasteiger partial charge in [-0.2, -0.15) is 0 Å². The van der Waals surface area contributed by atoms with E-state index in [0.717, 1.165) is 24.8 Å². The van der Waals surface area contributed by atoms with Gasteiger partial charge in [-0.3, -0.25) is 4.79 Å². The quantitative estimate of drug-likeness (QED) is 0.684. The minimum absolute atomic E-state index is 0.339. The first-order valence-corrected chi connectivity index (χ1v) is 6.21. The average molecular weight is 211 g/mol. The molecule has 86 valence electrons. The third-order valence-electron chi connectivity index (χ3n) is 3.86. The molecule has 1 saturated carbocycles. The van der Waals surface area contributed by atoms with Crippen LogP contribution in [0.25, 0.3) is 0 Å². The lowest BCUT2D eigenvalue weighted by Gasteiger charge is -2.26. The lowest BCUT2D eigenvalue weighted by molar-refractivity contribution is -0.137. The van der Waals surface area contributed by atoms with E-state index in [4.69, 9.17) is 5.11 Å². The van der Waals surface area contributed by atoms with E-state index in [-0.39, 0.29) is 0 Å². The Balaban J connectivity index is 1.53. The van der Waals surface area contributed by atoms with Crippen LogP contribution in [0.4, 0.5) is 0 Å². The first kappa shape index (κ1) is 10.9. The van der Waals surface area contributed by atoms with Gasteiger partial charge in [0.2, 0.25) is 0 Å². The fourth-order valence-electron chi connectivity index (χ4n) is 3.07. The zero-order valence-electron chi connectivity index (χ0n) is 9.32. The number of piperidine rings is 1. The van der Waals surface area contributed by atoms with Crippen molar-refractivity contribution in [2.75, 3.05) is 13.1 Å². The maximum Gasteiger partial charge on any atom is 0.303 e. The van der Waals surface area contributed by atoms with E-state index in [1.54, 1.807) is 0 Å². The number of unbranched alkanes of at least 4 members (excludes halogenated alkanes) is 2. The van der Waals surface area contributed by atoms with Crippen LogP contribution in [0.2, 0.25) is 0 Å². The third-order valence-corrected chi connectivity index (χ3v) is 3.86. The Hall–Kier alpha value is -0.570. The number of carboxylic acids is 1. The molecule has 0 spiro atoms. The van der Waals surface area contributed by atoms with Crippen molar-refractivity contribution in [3.8, 4) is 0 Å². The second-order valence-electron chi connectivity index (χ2n) is 5.03. The van der Waals surface area contributed by atoms with Crippen molar-refractivity contribution in [1.82, 2.24) is 4.90 Å². The Labute approximate surface area is 91.5 Å². The lowest BCUT2D eigenvalue weighted by Crippen LogP contribution is -2.32. The van der Waals surface area contributed by atoms with Gasteiger partial charge in [0.15, 0.2) is 0 Å². The molecule has 0 amide bonds. The molecule has 2 rings (SSSR count). The summed E-state index contributed by atoms with van der Waals surface area (Å²) in [5.74, 6) is 0.323. The number of carbonyl (C=O) groups is 1. The van der Waals surface area contributed by atoms with Crippen molar-refractivity contribution in [3.63, 3.8) is 0 Å². The number of hydrogen-bond donors (Lipinski definition) is 1. The molecule has 2 aliphatic rings. The van der Waals surface area contributed by atoms with Gasteiger partial charge in [0.1, 0.15) is 0 Å². The van der Waals surface area contributed by atoms with Gasteiger partial charge in [0, 0.05) is 19.0 Å². The number of fused-ring (bicyclic) bond motifs is 2. The van der Waals surface area contributed by atoms with Crippen LogP contribution >= 0.6 is 0 Å². The maximum atomic E-state index is 10.3. The summed E-state index contributed by atoms with van der Waals surface area (Å²) < 4.78 is 0. The van der Waals surface area contributed by atoms with Crippen molar-refractivity contribution in [1.29, 1.82) is 0 Å². The fraction of sp³-hybridized carbons (Fsp3) is 0.917. The first-order chi connectivity index (χ1) is 7.25. The molecule has 0 radical (unpaired) electrons. The molecule has 2 atom stereocenters. The summed E-state index contributed by atoms with van der Waals surface area (Å²) in [4.78, 5) is 12.9. The topological polar surface area (TPSA) is 40.5 Å². The molecule has 1 aliphatic carbocycles. The number of nitrogens with zero attached hydrogens (tertiary/aromatic N) is 1. The summed E-state index contributed by atoms with van der Waals surface area (Å²) in [6.45, 7) is 2.50. The number of likely N-dealkylation sites (tertiary alicyclic amines) is 1. The predicted molar refractivity (Wildman–Crippen MR) is 58.8 cm³/mol. The molecule has 1 aliphatic heterocycles. The molecular formula is C12H21NO2. The first-order valence-electron chi connectivity index (χ1n) is 6.21. The second-order valence-corrected chi connectivity index (χ2v) is 5.03. The van der Waals surface area contributed by atoms with E-state index in [1.807, 2.05) is 0 Å². The summed E-state index contributed by atoms with van der Waals surface area (Å²) in [7, 11) is 0. The van der Waals surface area contributed by atoms with Gasteiger partial charge in [0.25, 0.3) is 0 Å². The Kier molecular flexibility index (Phi) is 3.62. The molecule has 2 unspecified atom stereocenters. The van der Waals surface area contributed by atoms with Crippen LogP contribution in [0, 0.1) is 5.92 Å². The average Bonchev–Trinajstić information content (AvgIpc) is 2.78. The van der Waals surface area contributed by atoms with Crippen LogP contribution in [0.15, 0.2) is 0 Å². The van der Waals surface area contributed by atoms with Gasteiger partial charge >= 0.3 is 5.97 Å². The molecule has 1 saturated heterocycles. The molecule has 1 N–H and O–H groups in total. The van der Waals surface area contributed by atoms with E-state index in [1.165, 1.54) is 38.8 Å². The van der Waals surface area contributed by atoms with Crippen LogP contribution in [0.5, 0.6) is 0 Å². The van der Waals surface area contributed by atoms with Crippen molar-refractivity contribution in [2.45, 2.75) is 51.0 Å². The SMILES string of the molecule is O=C(O)CCCCCN1CC2CCC1C2. The van der Waals surface area contributed by atoms with E-state index in [2.05, 4.69) is 4.90 Å². The molecule has 0 aromatic carbocycles. The Morgan fingerprint density at radius 2 is 2.13 bits per heavy atom. The van der Waals surface area contributed by atoms with Crippen molar-refractivity contribution >= 4 is 5.97 Å². The molecule has 3 heteroatoms. The Morgan fingerprint density at radius 3 is 2.73 bits per heavy atom. The second kappa shape index (κ2) is 4.97. The van der Waals surface area contributed by atoms with Crippen LogP contribution in [0.1, 0.15) is 44.9 Å². The highest BCUT2D eigenvalue weighted by Crippen LogP contribution is 2.37. The molecule has 1 heterocycles. The smallest absolute Gasteiger partial charge is 0.303 e. The van der Waals surface area contributed by atoms with Crippen molar-refractivity contribution in [2.24, 2.45) is 5.92 Å². The van der Waals surface area contributed by atoms with Crippen LogP contribution in [0.3, 0.4) is 0 Å². The summed E-state index contributed by atoms with van der Waals surface area (Å²) in [6, 6.07) is 0.870. The van der Waals surface area contributed by atoms with Crippen molar-refractivity contribution in [3.05, 3.63) is 0 Å². The molecule has 0 aromatic heterocycles. The summed E-state index contributed by atoms with van der Waals surface area (Å²) in [6.07, 6.45) is 7.70. The van der Waals surface area contributed by atoms with E-state index in [9.17, 15) is 4.79 Å². The van der Waals surface area contributed by atoms with Gasteiger partial charge in [-0.1, -0.05) is 6.42 Å². The van der Waals surface area contributed by atoms with Crippen LogP contribution in [-0.2, 0) is 4.79 Å². The minimum Gasteiger partial charge on any atom is -0.481 e. The lowest BCUT2D eigenvalue weighted by atomic mass is 10.1. The third kappa shape index (κ3) is 2.94.